The Hall–Kier alpha value is -2.49. The maximum atomic E-state index is 12.6. The summed E-state index contributed by atoms with van der Waals surface area (Å²) in [5.74, 6) is -0.330. The van der Waals surface area contributed by atoms with Gasteiger partial charge in [0.1, 0.15) is 0 Å². The minimum Gasteiger partial charge on any atom is -0.376 e. The minimum atomic E-state index is -4.58. The van der Waals surface area contributed by atoms with Crippen molar-refractivity contribution in [3.05, 3.63) is 42.0 Å². The van der Waals surface area contributed by atoms with Crippen LogP contribution in [0.25, 0.3) is 0 Å². The van der Waals surface area contributed by atoms with Crippen LogP contribution in [0.3, 0.4) is 0 Å². The van der Waals surface area contributed by atoms with Crippen LogP contribution in [0, 0.1) is 11.3 Å². The van der Waals surface area contributed by atoms with Crippen molar-refractivity contribution in [1.29, 1.82) is 5.26 Å². The molecule has 106 valence electrons. The molecule has 4 nitrogen and oxygen atoms in total. The van der Waals surface area contributed by atoms with Crippen LogP contribution in [-0.2, 0) is 11.0 Å². The van der Waals surface area contributed by atoms with Crippen molar-refractivity contribution in [2.24, 2.45) is 0 Å². The van der Waals surface area contributed by atoms with Gasteiger partial charge in [0.25, 0.3) is 0 Å². The average Bonchev–Trinajstić information content (AvgIpc) is 2.41. The Morgan fingerprint density at radius 1 is 1.45 bits per heavy atom. The van der Waals surface area contributed by atoms with Gasteiger partial charge < -0.3 is 10.6 Å². The molecule has 0 aliphatic rings. The minimum absolute atomic E-state index is 0.107. The highest BCUT2D eigenvalue weighted by Crippen LogP contribution is 2.32. The molecule has 0 unspecified atom stereocenters. The summed E-state index contributed by atoms with van der Waals surface area (Å²) in [6, 6.07) is 4.53. The molecule has 20 heavy (non-hydrogen) atoms. The van der Waals surface area contributed by atoms with E-state index in [4.69, 9.17) is 5.26 Å². The lowest BCUT2D eigenvalue weighted by Gasteiger charge is -2.11. The van der Waals surface area contributed by atoms with E-state index in [0.29, 0.717) is 6.54 Å². The lowest BCUT2D eigenvalue weighted by molar-refractivity contribution is -0.137. The van der Waals surface area contributed by atoms with Crippen molar-refractivity contribution in [3.8, 4) is 6.07 Å². The summed E-state index contributed by atoms with van der Waals surface area (Å²) in [5.41, 5.74) is -1.22. The number of amides is 1. The van der Waals surface area contributed by atoms with Gasteiger partial charge in [-0.25, -0.2) is 0 Å². The number of hydrogen-bond acceptors (Lipinski definition) is 3. The van der Waals surface area contributed by atoms with E-state index in [9.17, 15) is 18.0 Å². The molecule has 0 saturated heterocycles. The molecule has 0 aliphatic carbocycles. The fourth-order valence-electron chi connectivity index (χ4n) is 1.42. The monoisotopic (exact) mass is 283 g/mol. The number of nitriles is 1. The number of carbonyl (C=O) groups excluding carboxylic acids is 1. The van der Waals surface area contributed by atoms with E-state index in [1.807, 2.05) is 0 Å². The molecule has 0 aliphatic heterocycles. The number of nitrogens with zero attached hydrogens (tertiary/aromatic N) is 1. The first-order valence-electron chi connectivity index (χ1n) is 5.61. The topological polar surface area (TPSA) is 64.9 Å². The van der Waals surface area contributed by atoms with E-state index in [1.54, 1.807) is 0 Å². The summed E-state index contributed by atoms with van der Waals surface area (Å²) in [6.45, 7) is 3.62. The zero-order chi connectivity index (χ0) is 15.2. The highest BCUT2D eigenvalue weighted by Gasteiger charge is 2.33. The number of benzene rings is 1. The molecule has 7 heteroatoms. The van der Waals surface area contributed by atoms with Gasteiger partial charge in [0.2, 0.25) is 5.91 Å². The first-order valence-corrected chi connectivity index (χ1v) is 5.61. The molecule has 0 atom stereocenters. The third-order valence-electron chi connectivity index (χ3n) is 2.34. The number of alkyl halides is 3. The maximum absolute atomic E-state index is 12.6. The van der Waals surface area contributed by atoms with Crippen LogP contribution in [0.2, 0.25) is 0 Å². The summed E-state index contributed by atoms with van der Waals surface area (Å²) >= 11 is 0. The SMILES string of the molecule is C=CCNC(=O)CNc1ccc(C(F)(F)F)c(C#N)c1. The van der Waals surface area contributed by atoms with E-state index >= 15 is 0 Å². The van der Waals surface area contributed by atoms with Gasteiger partial charge >= 0.3 is 6.18 Å². The highest BCUT2D eigenvalue weighted by molar-refractivity contribution is 5.80. The molecule has 0 saturated carbocycles. The van der Waals surface area contributed by atoms with Crippen LogP contribution >= 0.6 is 0 Å². The summed E-state index contributed by atoms with van der Waals surface area (Å²) in [4.78, 5) is 11.3. The maximum Gasteiger partial charge on any atom is 0.417 e. The first kappa shape index (κ1) is 15.6. The molecule has 0 heterocycles. The van der Waals surface area contributed by atoms with Crippen molar-refractivity contribution in [1.82, 2.24) is 5.32 Å². The fraction of sp³-hybridized carbons (Fsp3) is 0.231. The van der Waals surface area contributed by atoms with E-state index in [0.717, 1.165) is 12.1 Å². The van der Waals surface area contributed by atoms with Crippen molar-refractivity contribution in [3.63, 3.8) is 0 Å². The van der Waals surface area contributed by atoms with Crippen LogP contribution in [-0.4, -0.2) is 19.0 Å². The molecule has 0 bridgehead atoms. The molecular weight excluding hydrogens is 271 g/mol. The normalized spacial score (nSPS) is 10.5. The summed E-state index contributed by atoms with van der Waals surface area (Å²) in [7, 11) is 0. The number of nitrogens with one attached hydrogen (secondary N) is 2. The molecular formula is C13H12F3N3O. The van der Waals surface area contributed by atoms with Crippen molar-refractivity contribution >= 4 is 11.6 Å². The molecule has 0 radical (unpaired) electrons. The van der Waals surface area contributed by atoms with E-state index in [-0.39, 0.29) is 18.1 Å². The lowest BCUT2D eigenvalue weighted by atomic mass is 10.1. The molecule has 1 rings (SSSR count). The average molecular weight is 283 g/mol. The Bertz CT molecular complexity index is 547. The third-order valence-corrected chi connectivity index (χ3v) is 2.34. The molecule has 0 fully saturated rings. The zero-order valence-corrected chi connectivity index (χ0v) is 10.4. The Labute approximate surface area is 113 Å². The summed E-state index contributed by atoms with van der Waals surface area (Å²) in [6.07, 6.45) is -3.07. The second-order valence-electron chi connectivity index (χ2n) is 3.82. The molecule has 1 aromatic rings. The van der Waals surface area contributed by atoms with E-state index in [1.165, 1.54) is 18.2 Å². The van der Waals surface area contributed by atoms with Crippen LogP contribution in [0.15, 0.2) is 30.9 Å². The van der Waals surface area contributed by atoms with Gasteiger partial charge in [0.05, 0.1) is 23.7 Å². The number of halogens is 3. The van der Waals surface area contributed by atoms with Gasteiger partial charge in [-0.15, -0.1) is 6.58 Å². The Morgan fingerprint density at radius 2 is 2.15 bits per heavy atom. The van der Waals surface area contributed by atoms with Gasteiger partial charge in [-0.3, -0.25) is 4.79 Å². The smallest absolute Gasteiger partial charge is 0.376 e. The van der Waals surface area contributed by atoms with E-state index in [2.05, 4.69) is 17.2 Å². The standard InChI is InChI=1S/C13H12F3N3O/c1-2-5-18-12(20)8-19-10-3-4-11(13(14,15)16)9(6-10)7-17/h2-4,6,19H,1,5,8H2,(H,18,20). The number of hydrogen-bond donors (Lipinski definition) is 2. The first-order chi connectivity index (χ1) is 9.38. The quantitative estimate of drug-likeness (QED) is 0.815. The molecule has 0 spiro atoms. The van der Waals surface area contributed by atoms with Crippen LogP contribution in [0.4, 0.5) is 18.9 Å². The zero-order valence-electron chi connectivity index (χ0n) is 10.4. The summed E-state index contributed by atoms with van der Waals surface area (Å²) in [5, 5.41) is 13.9. The van der Waals surface area contributed by atoms with Crippen LogP contribution in [0.1, 0.15) is 11.1 Å². The van der Waals surface area contributed by atoms with Gasteiger partial charge in [-0.05, 0) is 18.2 Å². The van der Waals surface area contributed by atoms with Gasteiger partial charge in [-0.2, -0.15) is 18.4 Å². The molecule has 1 aromatic carbocycles. The van der Waals surface area contributed by atoms with Crippen molar-refractivity contribution < 1.29 is 18.0 Å². The predicted molar refractivity (Wildman–Crippen MR) is 67.9 cm³/mol. The number of rotatable bonds is 5. The number of carbonyl (C=O) groups is 1. The number of anilines is 1. The second kappa shape index (κ2) is 6.61. The Kier molecular flexibility index (Phi) is 5.15. The van der Waals surface area contributed by atoms with Crippen molar-refractivity contribution in [2.75, 3.05) is 18.4 Å². The van der Waals surface area contributed by atoms with E-state index < -0.39 is 17.3 Å². The molecule has 2 N–H and O–H groups in total. The molecule has 1 amide bonds. The van der Waals surface area contributed by atoms with Gasteiger partial charge in [0.15, 0.2) is 0 Å². The fourth-order valence-corrected chi connectivity index (χ4v) is 1.42. The predicted octanol–water partition coefficient (Wildman–Crippen LogP) is 2.29. The van der Waals surface area contributed by atoms with Crippen LogP contribution < -0.4 is 10.6 Å². The summed E-state index contributed by atoms with van der Waals surface area (Å²) < 4.78 is 37.7. The highest BCUT2D eigenvalue weighted by atomic mass is 19.4. The van der Waals surface area contributed by atoms with Gasteiger partial charge in [0, 0.05) is 12.2 Å². The Balaban J connectivity index is 2.77. The third kappa shape index (κ3) is 4.31. The Morgan fingerprint density at radius 3 is 2.70 bits per heavy atom. The van der Waals surface area contributed by atoms with Crippen molar-refractivity contribution in [2.45, 2.75) is 6.18 Å². The lowest BCUT2D eigenvalue weighted by Crippen LogP contribution is -2.29. The van der Waals surface area contributed by atoms with Crippen LogP contribution in [0.5, 0.6) is 0 Å². The largest absolute Gasteiger partial charge is 0.417 e. The molecule has 0 aromatic heterocycles. The second-order valence-corrected chi connectivity index (χ2v) is 3.82. The van der Waals surface area contributed by atoms with Gasteiger partial charge in [-0.1, -0.05) is 6.08 Å².